The fourth-order valence-corrected chi connectivity index (χ4v) is 9.50. The molecule has 1 N–H and O–H groups in total. The molecule has 1 aliphatic carbocycles. The Bertz CT molecular complexity index is 1380. The van der Waals surface area contributed by atoms with Crippen molar-refractivity contribution < 1.29 is 5.11 Å². The van der Waals surface area contributed by atoms with Gasteiger partial charge in [-0.25, -0.2) is 0 Å². The lowest BCUT2D eigenvalue weighted by atomic mass is 9.85. The van der Waals surface area contributed by atoms with Gasteiger partial charge in [-0.15, -0.1) is 0 Å². The molecular weight excluding hydrogens is 440 g/mol. The van der Waals surface area contributed by atoms with Crippen LogP contribution in [0.25, 0.3) is 21.9 Å². The molecule has 0 heterocycles. The van der Waals surface area contributed by atoms with E-state index in [1.54, 1.807) is 0 Å². The number of rotatable bonds is 2. The highest BCUT2D eigenvalue weighted by atomic mass is 28.3. The van der Waals surface area contributed by atoms with Gasteiger partial charge in [-0.05, 0) is 54.8 Å². The zero-order chi connectivity index (χ0) is 25.3. The maximum Gasteiger partial charge on any atom is 0.122 e. The van der Waals surface area contributed by atoms with Crippen molar-refractivity contribution in [2.24, 2.45) is 0 Å². The fraction of sp³-hybridized carbons (Fsp3) is 0.333. The predicted molar refractivity (Wildman–Crippen MR) is 154 cm³/mol. The normalized spacial score (nSPS) is 14.3. The molecule has 0 radical (unpaired) electrons. The summed E-state index contributed by atoms with van der Waals surface area (Å²) < 4.78 is 0. The zero-order valence-electron chi connectivity index (χ0n) is 22.5. The van der Waals surface area contributed by atoms with Gasteiger partial charge >= 0.3 is 0 Å². The molecule has 0 saturated heterocycles. The highest BCUT2D eigenvalue weighted by Gasteiger charge is 2.44. The number of hydrogen-bond donors (Lipinski definition) is 1. The second-order valence-electron chi connectivity index (χ2n) is 12.9. The van der Waals surface area contributed by atoms with Gasteiger partial charge in [-0.2, -0.15) is 0 Å². The quantitative estimate of drug-likeness (QED) is 0.287. The Labute approximate surface area is 211 Å². The summed E-state index contributed by atoms with van der Waals surface area (Å²) >= 11 is 0. The van der Waals surface area contributed by atoms with E-state index in [1.165, 1.54) is 33.4 Å². The van der Waals surface area contributed by atoms with E-state index in [4.69, 9.17) is 0 Å². The van der Waals surface area contributed by atoms with Gasteiger partial charge < -0.3 is 5.11 Å². The van der Waals surface area contributed by atoms with Gasteiger partial charge in [0.1, 0.15) is 5.75 Å². The number of aromatic hydroxyl groups is 1. The van der Waals surface area contributed by atoms with Crippen molar-refractivity contribution in [2.45, 2.75) is 71.0 Å². The molecule has 1 aliphatic rings. The van der Waals surface area contributed by atoms with Crippen LogP contribution in [0.4, 0.5) is 0 Å². The summed E-state index contributed by atoms with van der Waals surface area (Å²) in [6.45, 7) is 18.6. The molecule has 0 aromatic heterocycles. The van der Waals surface area contributed by atoms with Crippen LogP contribution in [0, 0.1) is 0 Å². The summed E-state index contributed by atoms with van der Waals surface area (Å²) in [7, 11) is -2.22. The number of fused-ring (bicyclic) bond motifs is 4. The van der Waals surface area contributed by atoms with E-state index in [-0.39, 0.29) is 16.4 Å². The van der Waals surface area contributed by atoms with Crippen molar-refractivity contribution in [3.63, 3.8) is 0 Å². The van der Waals surface area contributed by atoms with E-state index < -0.39 is 8.07 Å². The Morgan fingerprint density at radius 3 is 1.69 bits per heavy atom. The first-order chi connectivity index (χ1) is 16.3. The van der Waals surface area contributed by atoms with Gasteiger partial charge in [0.25, 0.3) is 0 Å². The minimum absolute atomic E-state index is 0.0850. The number of phenols is 1. The average Bonchev–Trinajstić information content (AvgIpc) is 3.12. The monoisotopic (exact) mass is 478 g/mol. The van der Waals surface area contributed by atoms with Crippen LogP contribution in [0.1, 0.15) is 69.3 Å². The lowest BCUT2D eigenvalue weighted by molar-refractivity contribution is 0.485. The molecule has 0 saturated carbocycles. The standard InChI is InChI=1S/C33H38OSi/c1-32(2,3)22-14-16-25-26-17-15-23(33(4,5)6)20-28(26)31(27(25)19-22)35(7,8)29-18-13-21-11-9-10-12-24(21)30(29)34/h9-20,31,34H,1-8H3. The average molecular weight is 479 g/mol. The summed E-state index contributed by atoms with van der Waals surface area (Å²) in [6.07, 6.45) is 0. The van der Waals surface area contributed by atoms with Crippen molar-refractivity contribution in [1.29, 1.82) is 0 Å². The molecule has 4 aromatic carbocycles. The van der Waals surface area contributed by atoms with Crippen LogP contribution >= 0.6 is 0 Å². The molecule has 2 heteroatoms. The first kappa shape index (κ1) is 23.9. The zero-order valence-corrected chi connectivity index (χ0v) is 23.5. The highest BCUT2D eigenvalue weighted by molar-refractivity contribution is 6.92. The molecule has 0 spiro atoms. The van der Waals surface area contributed by atoms with Gasteiger partial charge in [0.15, 0.2) is 0 Å². The van der Waals surface area contributed by atoms with E-state index >= 15 is 0 Å². The van der Waals surface area contributed by atoms with E-state index in [2.05, 4.69) is 109 Å². The Balaban J connectivity index is 1.78. The summed E-state index contributed by atoms with van der Waals surface area (Å²) in [5.41, 5.74) is 8.78. The summed E-state index contributed by atoms with van der Waals surface area (Å²) in [6, 6.07) is 26.8. The summed E-state index contributed by atoms with van der Waals surface area (Å²) in [4.78, 5) is 0. The molecule has 0 amide bonds. The molecule has 180 valence electrons. The first-order valence-corrected chi connectivity index (χ1v) is 15.9. The third-order valence-corrected chi connectivity index (χ3v) is 11.9. The molecule has 0 aliphatic heterocycles. The van der Waals surface area contributed by atoms with Crippen LogP contribution in [-0.2, 0) is 10.8 Å². The Kier molecular flexibility index (Phi) is 5.34. The first-order valence-electron chi connectivity index (χ1n) is 12.8. The maximum absolute atomic E-state index is 11.5. The third kappa shape index (κ3) is 3.83. The van der Waals surface area contributed by atoms with Crippen molar-refractivity contribution in [1.82, 2.24) is 0 Å². The van der Waals surface area contributed by atoms with Crippen LogP contribution in [-0.4, -0.2) is 13.2 Å². The van der Waals surface area contributed by atoms with Gasteiger partial charge in [0, 0.05) is 10.9 Å². The van der Waals surface area contributed by atoms with Gasteiger partial charge in [0.05, 0.1) is 8.07 Å². The predicted octanol–water partition coefficient (Wildman–Crippen LogP) is 8.41. The second-order valence-corrected chi connectivity index (χ2v) is 17.5. The molecule has 0 bridgehead atoms. The van der Waals surface area contributed by atoms with Crippen molar-refractivity contribution in [2.75, 3.05) is 0 Å². The minimum Gasteiger partial charge on any atom is -0.507 e. The van der Waals surface area contributed by atoms with Crippen LogP contribution in [0.2, 0.25) is 13.1 Å². The lowest BCUT2D eigenvalue weighted by Crippen LogP contribution is -2.47. The van der Waals surface area contributed by atoms with E-state index in [0.717, 1.165) is 16.0 Å². The van der Waals surface area contributed by atoms with Crippen molar-refractivity contribution >= 4 is 24.0 Å². The van der Waals surface area contributed by atoms with Crippen LogP contribution < -0.4 is 5.19 Å². The second kappa shape index (κ2) is 7.83. The van der Waals surface area contributed by atoms with Gasteiger partial charge in [-0.3, -0.25) is 0 Å². The van der Waals surface area contributed by atoms with E-state index in [9.17, 15) is 5.11 Å². The van der Waals surface area contributed by atoms with Crippen molar-refractivity contribution in [3.05, 3.63) is 95.1 Å². The molecule has 1 nitrogen and oxygen atoms in total. The van der Waals surface area contributed by atoms with Crippen LogP contribution in [0.15, 0.2) is 72.8 Å². The molecule has 0 fully saturated rings. The Hall–Kier alpha value is -2.84. The molecule has 35 heavy (non-hydrogen) atoms. The van der Waals surface area contributed by atoms with E-state index in [1.807, 2.05) is 18.2 Å². The highest BCUT2D eigenvalue weighted by Crippen LogP contribution is 2.51. The smallest absolute Gasteiger partial charge is 0.122 e. The lowest BCUT2D eigenvalue weighted by Gasteiger charge is -2.34. The maximum atomic E-state index is 11.5. The topological polar surface area (TPSA) is 20.2 Å². The van der Waals surface area contributed by atoms with E-state index in [0.29, 0.717) is 5.75 Å². The van der Waals surface area contributed by atoms with Crippen molar-refractivity contribution in [3.8, 4) is 16.9 Å². The van der Waals surface area contributed by atoms with Gasteiger partial charge in [-0.1, -0.05) is 127 Å². The Morgan fingerprint density at radius 1 is 0.657 bits per heavy atom. The fourth-order valence-electron chi connectivity index (χ4n) is 5.90. The molecular formula is C33H38OSi. The molecule has 5 rings (SSSR count). The SMILES string of the molecule is CC(C)(C)c1ccc2c(c1)C([Si](C)(C)c1ccc3ccccc3c1O)c1cc(C(C)(C)C)ccc1-2. The summed E-state index contributed by atoms with van der Waals surface area (Å²) in [5.74, 6) is 0.466. The third-order valence-electron chi connectivity index (χ3n) is 8.06. The number of benzene rings is 4. The molecule has 4 aromatic rings. The van der Waals surface area contributed by atoms with Crippen LogP contribution in [0.3, 0.4) is 0 Å². The largest absolute Gasteiger partial charge is 0.507 e. The number of hydrogen-bond acceptors (Lipinski definition) is 1. The Morgan fingerprint density at radius 2 is 1.17 bits per heavy atom. The van der Waals surface area contributed by atoms with Gasteiger partial charge in [0.2, 0.25) is 0 Å². The molecule has 0 unspecified atom stereocenters. The number of phenolic OH excluding ortho intramolecular Hbond substituents is 1. The molecule has 0 atom stereocenters. The summed E-state index contributed by atoms with van der Waals surface area (Å²) in [5, 5.41) is 14.7. The minimum atomic E-state index is -2.22. The van der Waals surface area contributed by atoms with Crippen LogP contribution in [0.5, 0.6) is 5.75 Å².